The van der Waals surface area contributed by atoms with Crippen LogP contribution in [0.25, 0.3) is 0 Å². The molecule has 0 aliphatic heterocycles. The van der Waals surface area contributed by atoms with Gasteiger partial charge in [0.15, 0.2) is 0 Å². The van der Waals surface area contributed by atoms with E-state index in [1.807, 2.05) is 44.2 Å². The van der Waals surface area contributed by atoms with Crippen LogP contribution in [0, 0.1) is 0 Å². The fourth-order valence-corrected chi connectivity index (χ4v) is 0.771. The Kier molecular flexibility index (Phi) is 8.28. The molecule has 0 aliphatic rings. The zero-order valence-electron chi connectivity index (χ0n) is 7.81. The number of benzene rings is 1. The van der Waals surface area contributed by atoms with E-state index in [4.69, 9.17) is 14.4 Å². The monoisotopic (exact) mass is 287 g/mol. The normalized spacial score (nSPS) is 8.92. The molecule has 1 aromatic rings. The number of para-hydroxylation sites is 1. The van der Waals surface area contributed by atoms with Gasteiger partial charge in [0.05, 0.1) is 6.10 Å². The van der Waals surface area contributed by atoms with Gasteiger partial charge in [-0.05, 0) is 26.0 Å². The van der Waals surface area contributed by atoms with Crippen LogP contribution in [0.3, 0.4) is 0 Å². The third-order valence-electron chi connectivity index (χ3n) is 1.11. The average molecular weight is 287 g/mol. The Morgan fingerprint density at radius 1 is 1.31 bits per heavy atom. The van der Waals surface area contributed by atoms with E-state index in [1.165, 1.54) is 0 Å². The molecule has 0 saturated heterocycles. The SMILES string of the molecule is CC(C)Oc1ccccc1.[CH2]=[Ru][Cl]. The number of ether oxygens (including phenoxy) is 1. The van der Waals surface area contributed by atoms with Crippen molar-refractivity contribution in [3.63, 3.8) is 0 Å². The van der Waals surface area contributed by atoms with Crippen molar-refractivity contribution >= 4 is 14.8 Å². The van der Waals surface area contributed by atoms with Crippen LogP contribution in [0.5, 0.6) is 5.75 Å². The molecule has 0 aromatic heterocycles. The van der Waals surface area contributed by atoms with Gasteiger partial charge in [-0.15, -0.1) is 0 Å². The quantitative estimate of drug-likeness (QED) is 0.759. The number of halogens is 1. The summed E-state index contributed by atoms with van der Waals surface area (Å²) in [5.74, 6) is 0.942. The summed E-state index contributed by atoms with van der Waals surface area (Å²) in [5, 5.41) is 3.34. The summed E-state index contributed by atoms with van der Waals surface area (Å²) in [6, 6.07) is 9.84. The van der Waals surface area contributed by atoms with E-state index < -0.39 is 0 Å². The molecular weight excluding hydrogens is 273 g/mol. The van der Waals surface area contributed by atoms with Crippen molar-refractivity contribution in [2.75, 3.05) is 0 Å². The molecule has 13 heavy (non-hydrogen) atoms. The van der Waals surface area contributed by atoms with Gasteiger partial charge in [0.2, 0.25) is 0 Å². The van der Waals surface area contributed by atoms with Crippen LogP contribution < -0.4 is 4.74 Å². The molecule has 0 heterocycles. The van der Waals surface area contributed by atoms with E-state index in [0.717, 1.165) is 5.75 Å². The molecule has 3 heteroatoms. The zero-order chi connectivity index (χ0) is 10.1. The summed E-state index contributed by atoms with van der Waals surface area (Å²) in [6.07, 6.45) is 0.266. The number of hydrogen-bond donors (Lipinski definition) is 0. The minimum atomic E-state index is -0.0678. The molecule has 0 saturated carbocycles. The van der Waals surface area contributed by atoms with E-state index in [-0.39, 0.29) is 21.8 Å². The molecule has 0 bridgehead atoms. The molecule has 1 nitrogen and oxygen atoms in total. The van der Waals surface area contributed by atoms with Crippen molar-refractivity contribution in [1.29, 1.82) is 0 Å². The van der Waals surface area contributed by atoms with Crippen molar-refractivity contribution in [2.24, 2.45) is 0 Å². The Labute approximate surface area is 91.2 Å². The predicted octanol–water partition coefficient (Wildman–Crippen LogP) is 3.13. The first-order chi connectivity index (χ1) is 6.20. The van der Waals surface area contributed by atoms with Crippen molar-refractivity contribution in [2.45, 2.75) is 20.0 Å². The molecule has 0 amide bonds. The Morgan fingerprint density at radius 3 is 2.15 bits per heavy atom. The van der Waals surface area contributed by atoms with Gasteiger partial charge >= 0.3 is 30.5 Å². The van der Waals surface area contributed by atoms with Crippen molar-refractivity contribution in [1.82, 2.24) is 0 Å². The second kappa shape index (κ2) is 8.40. The molecule has 1 rings (SSSR count). The number of hydrogen-bond acceptors (Lipinski definition) is 1. The first-order valence-corrected chi connectivity index (χ1v) is 7.36. The van der Waals surface area contributed by atoms with Crippen LogP contribution in [0.15, 0.2) is 30.3 Å². The van der Waals surface area contributed by atoms with Crippen molar-refractivity contribution < 1.29 is 20.4 Å². The van der Waals surface area contributed by atoms with E-state index in [0.29, 0.717) is 0 Å². The summed E-state index contributed by atoms with van der Waals surface area (Å²) in [6.45, 7) is 4.04. The first kappa shape index (κ1) is 12.8. The summed E-state index contributed by atoms with van der Waals surface area (Å²) in [4.78, 5) is 0. The molecule has 75 valence electrons. The summed E-state index contributed by atoms with van der Waals surface area (Å²) < 4.78 is 5.41. The summed E-state index contributed by atoms with van der Waals surface area (Å²) in [7, 11) is 4.98. The fraction of sp³-hybridized carbons (Fsp3) is 0.300. The third-order valence-corrected chi connectivity index (χ3v) is 1.11. The molecule has 0 fully saturated rings. The standard InChI is InChI=1S/C9H12O.CH2.ClH.Ru/c1-8(2)10-9-6-4-3-5-7-9;;;/h3-8H,1-2H3;1H2;1H;/q;;;+1/p-1. The van der Waals surface area contributed by atoms with E-state index in [1.54, 1.807) is 0 Å². The Hall–Kier alpha value is -0.197. The summed E-state index contributed by atoms with van der Waals surface area (Å²) >= 11 is -0.0678. The molecule has 1 aromatic carbocycles. The van der Waals surface area contributed by atoms with Crippen LogP contribution in [-0.2, 0) is 15.7 Å². The Morgan fingerprint density at radius 2 is 1.77 bits per heavy atom. The first-order valence-electron chi connectivity index (χ1n) is 3.89. The average Bonchev–Trinajstić information content (AvgIpc) is 2.06. The maximum absolute atomic E-state index is 5.41. The van der Waals surface area contributed by atoms with Crippen LogP contribution in [0.2, 0.25) is 0 Å². The molecule has 0 N–H and O–H groups in total. The van der Waals surface area contributed by atoms with Gasteiger partial charge in [0.1, 0.15) is 5.75 Å². The molecule has 0 radical (unpaired) electrons. The van der Waals surface area contributed by atoms with Gasteiger partial charge in [-0.2, -0.15) is 0 Å². The zero-order valence-corrected chi connectivity index (χ0v) is 10.3. The van der Waals surface area contributed by atoms with E-state index >= 15 is 0 Å². The van der Waals surface area contributed by atoms with Crippen molar-refractivity contribution in [3.8, 4) is 5.75 Å². The second-order valence-electron chi connectivity index (χ2n) is 2.57. The Bertz CT molecular complexity index is 224. The van der Waals surface area contributed by atoms with Gasteiger partial charge in [-0.1, -0.05) is 18.2 Å². The molecule has 0 aliphatic carbocycles. The second-order valence-corrected chi connectivity index (χ2v) is 4.16. The van der Waals surface area contributed by atoms with E-state index in [2.05, 4.69) is 5.11 Å². The van der Waals surface area contributed by atoms with Crippen LogP contribution in [-0.4, -0.2) is 11.2 Å². The minimum absolute atomic E-state index is 0.0678. The van der Waals surface area contributed by atoms with Gasteiger partial charge in [-0.3, -0.25) is 0 Å². The fourth-order valence-electron chi connectivity index (χ4n) is 0.771. The third kappa shape index (κ3) is 8.14. The van der Waals surface area contributed by atoms with Crippen LogP contribution in [0.4, 0.5) is 0 Å². The molecule has 0 unspecified atom stereocenters. The molecule has 0 spiro atoms. The number of rotatable bonds is 2. The van der Waals surface area contributed by atoms with E-state index in [9.17, 15) is 0 Å². The summed E-state index contributed by atoms with van der Waals surface area (Å²) in [5.41, 5.74) is 0. The van der Waals surface area contributed by atoms with Crippen LogP contribution >= 0.6 is 9.69 Å². The van der Waals surface area contributed by atoms with Crippen LogP contribution in [0.1, 0.15) is 13.8 Å². The van der Waals surface area contributed by atoms with Crippen molar-refractivity contribution in [3.05, 3.63) is 30.3 Å². The van der Waals surface area contributed by atoms with Gasteiger partial charge < -0.3 is 4.74 Å². The van der Waals surface area contributed by atoms with Gasteiger partial charge in [0, 0.05) is 0 Å². The molecular formula is C10H14ClORu. The van der Waals surface area contributed by atoms with Gasteiger partial charge in [0.25, 0.3) is 0 Å². The predicted molar refractivity (Wildman–Crippen MR) is 55.2 cm³/mol. The molecule has 0 atom stereocenters. The Balaban J connectivity index is 0.000000424. The topological polar surface area (TPSA) is 9.23 Å². The maximum atomic E-state index is 5.41. The van der Waals surface area contributed by atoms with Gasteiger partial charge in [-0.25, -0.2) is 0 Å².